The molecule has 8 N–H and O–H groups in total. The van der Waals surface area contributed by atoms with E-state index >= 15 is 0 Å². The molecule has 1 rings (SSSR count). The molecule has 0 atom stereocenters. The van der Waals surface area contributed by atoms with E-state index in [0.717, 1.165) is 0 Å². The van der Waals surface area contributed by atoms with E-state index in [1.807, 2.05) is 36.4 Å². The standard InChI is InChI=1S/C6H6.C5H12O4.H4O5P2/c1-2-4-6-5-3-1;6-1-5(2-7,3-8)4-9;1-6(2)5-7(3)4/h1-6H;6-9H,1-4H2;1-4H. The summed E-state index contributed by atoms with van der Waals surface area (Å²) in [5.41, 5.74) is -1.11. The van der Waals surface area contributed by atoms with Crippen molar-refractivity contribution in [1.29, 1.82) is 0 Å². The molecule has 0 amide bonds. The van der Waals surface area contributed by atoms with Gasteiger partial charge in [-0.25, -0.2) is 4.31 Å². The van der Waals surface area contributed by atoms with E-state index in [4.69, 9.17) is 40.0 Å². The Kier molecular flexibility index (Phi) is 17.0. The Morgan fingerprint density at radius 2 is 0.818 bits per heavy atom. The van der Waals surface area contributed by atoms with Crippen LogP contribution in [0.15, 0.2) is 36.4 Å². The number of hydrogen-bond donors (Lipinski definition) is 8. The molecular formula is C11H22O9P2. The molecule has 0 aliphatic rings. The van der Waals surface area contributed by atoms with Gasteiger partial charge in [-0.1, -0.05) is 36.4 Å². The van der Waals surface area contributed by atoms with E-state index in [-0.39, 0.29) is 0 Å². The fourth-order valence-corrected chi connectivity index (χ4v) is 1.27. The van der Waals surface area contributed by atoms with Crippen LogP contribution in [-0.2, 0) is 4.31 Å². The van der Waals surface area contributed by atoms with Crippen LogP contribution in [-0.4, -0.2) is 66.4 Å². The van der Waals surface area contributed by atoms with Crippen molar-refractivity contribution < 1.29 is 44.3 Å². The minimum Gasteiger partial charge on any atom is -0.396 e. The molecule has 0 heterocycles. The lowest BCUT2D eigenvalue weighted by molar-refractivity contribution is -0.0328. The largest absolute Gasteiger partial charge is 0.396 e. The van der Waals surface area contributed by atoms with Crippen LogP contribution >= 0.6 is 17.2 Å². The second kappa shape index (κ2) is 15.6. The Morgan fingerprint density at radius 3 is 0.864 bits per heavy atom. The number of rotatable bonds is 6. The van der Waals surface area contributed by atoms with E-state index < -0.39 is 49.0 Å². The average molecular weight is 360 g/mol. The second-order valence-corrected chi connectivity index (χ2v) is 5.54. The fourth-order valence-electron chi connectivity index (χ4n) is 0.750. The van der Waals surface area contributed by atoms with Crippen LogP contribution < -0.4 is 0 Å². The topological polar surface area (TPSA) is 171 Å². The molecule has 0 aromatic heterocycles. The van der Waals surface area contributed by atoms with Crippen LogP contribution in [0.1, 0.15) is 0 Å². The summed E-state index contributed by atoms with van der Waals surface area (Å²) in [6, 6.07) is 12.0. The molecule has 0 saturated carbocycles. The summed E-state index contributed by atoms with van der Waals surface area (Å²) in [5, 5.41) is 34.0. The predicted molar refractivity (Wildman–Crippen MR) is 81.0 cm³/mol. The number of aliphatic hydroxyl groups is 4. The minimum absolute atomic E-state index is 0.406. The summed E-state index contributed by atoms with van der Waals surface area (Å²) >= 11 is 0. The zero-order valence-electron chi connectivity index (χ0n) is 11.7. The zero-order valence-corrected chi connectivity index (χ0v) is 13.5. The van der Waals surface area contributed by atoms with Crippen LogP contribution in [0, 0.1) is 5.41 Å². The van der Waals surface area contributed by atoms with Crippen LogP contribution in [0.5, 0.6) is 0 Å². The van der Waals surface area contributed by atoms with Crippen LogP contribution in [0.3, 0.4) is 0 Å². The summed E-state index contributed by atoms with van der Waals surface area (Å²) in [7, 11) is -5.22. The number of benzene rings is 1. The van der Waals surface area contributed by atoms with E-state index in [9.17, 15) is 0 Å². The first-order valence-corrected chi connectivity index (χ1v) is 8.17. The molecule has 0 saturated heterocycles. The lowest BCUT2D eigenvalue weighted by Crippen LogP contribution is -2.37. The highest BCUT2D eigenvalue weighted by molar-refractivity contribution is 7.53. The molecule has 0 fully saturated rings. The number of hydrogen-bond acceptors (Lipinski definition) is 9. The maximum atomic E-state index is 8.50. The summed E-state index contributed by atoms with van der Waals surface area (Å²) in [4.78, 5) is 31.3. The molecule has 11 heteroatoms. The van der Waals surface area contributed by atoms with Gasteiger partial charge in [0.15, 0.2) is 0 Å². The minimum atomic E-state index is -2.61. The quantitative estimate of drug-likeness (QED) is 0.298. The first-order chi connectivity index (χ1) is 10.4. The monoisotopic (exact) mass is 360 g/mol. The van der Waals surface area contributed by atoms with Gasteiger partial charge < -0.3 is 40.0 Å². The summed E-state index contributed by atoms with van der Waals surface area (Å²) in [5.74, 6) is 0. The van der Waals surface area contributed by atoms with Gasteiger partial charge in [-0.3, -0.25) is 0 Å². The number of aliphatic hydroxyl groups excluding tert-OH is 4. The lowest BCUT2D eigenvalue weighted by Gasteiger charge is -2.23. The molecule has 1 aromatic carbocycles. The SMILES string of the molecule is OCC(CO)(CO)CO.OP(O)OP(O)O.c1ccccc1. The normalized spacial score (nSPS) is 10.6. The molecule has 9 nitrogen and oxygen atoms in total. The van der Waals surface area contributed by atoms with Crippen LogP contribution in [0.2, 0.25) is 0 Å². The summed E-state index contributed by atoms with van der Waals surface area (Å²) in [6.07, 6.45) is 0. The van der Waals surface area contributed by atoms with Crippen molar-refractivity contribution in [3.05, 3.63) is 36.4 Å². The Labute approximate surface area is 130 Å². The first-order valence-electron chi connectivity index (χ1n) is 5.84. The molecule has 130 valence electrons. The van der Waals surface area contributed by atoms with Gasteiger partial charge in [0.25, 0.3) is 0 Å². The van der Waals surface area contributed by atoms with E-state index in [0.29, 0.717) is 0 Å². The Hall–Kier alpha value is -0.280. The molecule has 0 aliphatic heterocycles. The van der Waals surface area contributed by atoms with Gasteiger partial charge in [-0.05, 0) is 0 Å². The highest BCUT2D eigenvalue weighted by atomic mass is 31.2. The van der Waals surface area contributed by atoms with Crippen molar-refractivity contribution >= 4 is 17.2 Å². The third-order valence-corrected chi connectivity index (χ3v) is 3.32. The smallest absolute Gasteiger partial charge is 0.334 e. The van der Waals surface area contributed by atoms with Crippen molar-refractivity contribution in [1.82, 2.24) is 0 Å². The van der Waals surface area contributed by atoms with Crippen LogP contribution in [0.25, 0.3) is 0 Å². The Bertz CT molecular complexity index is 272. The molecule has 0 spiro atoms. The predicted octanol–water partition coefficient (Wildman–Crippen LogP) is -0.945. The van der Waals surface area contributed by atoms with Crippen molar-refractivity contribution in [2.45, 2.75) is 0 Å². The van der Waals surface area contributed by atoms with Gasteiger partial charge in [-0.2, -0.15) is 0 Å². The first kappa shape index (κ1) is 24.0. The van der Waals surface area contributed by atoms with Gasteiger partial charge in [0.1, 0.15) is 0 Å². The molecule has 0 aliphatic carbocycles. The maximum Gasteiger partial charge on any atom is 0.334 e. The van der Waals surface area contributed by atoms with Gasteiger partial charge in [-0.15, -0.1) is 0 Å². The molecule has 0 unspecified atom stereocenters. The fraction of sp³-hybridized carbons (Fsp3) is 0.455. The molecule has 0 bridgehead atoms. The van der Waals surface area contributed by atoms with Crippen molar-refractivity contribution in [2.24, 2.45) is 5.41 Å². The van der Waals surface area contributed by atoms with Gasteiger partial charge >= 0.3 is 17.2 Å². The van der Waals surface area contributed by atoms with E-state index in [1.165, 1.54) is 0 Å². The van der Waals surface area contributed by atoms with E-state index in [2.05, 4.69) is 4.31 Å². The Morgan fingerprint density at radius 1 is 0.591 bits per heavy atom. The average Bonchev–Trinajstić information content (AvgIpc) is 2.52. The molecule has 22 heavy (non-hydrogen) atoms. The highest BCUT2D eigenvalue weighted by Gasteiger charge is 2.26. The lowest BCUT2D eigenvalue weighted by atomic mass is 9.93. The Balaban J connectivity index is 0. The van der Waals surface area contributed by atoms with Gasteiger partial charge in [0, 0.05) is 0 Å². The zero-order chi connectivity index (χ0) is 17.4. The molecular weight excluding hydrogens is 338 g/mol. The third kappa shape index (κ3) is 14.6. The maximum absolute atomic E-state index is 8.50. The highest BCUT2D eigenvalue weighted by Crippen LogP contribution is 2.41. The summed E-state index contributed by atoms with van der Waals surface area (Å²) < 4.78 is 3.60. The molecule has 1 aromatic rings. The molecule has 0 radical (unpaired) electrons. The van der Waals surface area contributed by atoms with Crippen molar-refractivity contribution in [3.63, 3.8) is 0 Å². The second-order valence-electron chi connectivity index (χ2n) is 3.87. The van der Waals surface area contributed by atoms with Gasteiger partial charge in [0.2, 0.25) is 0 Å². The third-order valence-electron chi connectivity index (χ3n) is 2.15. The summed E-state index contributed by atoms with van der Waals surface area (Å²) in [6.45, 7) is -1.62. The van der Waals surface area contributed by atoms with Crippen LogP contribution in [0.4, 0.5) is 0 Å². The van der Waals surface area contributed by atoms with Crippen molar-refractivity contribution in [3.8, 4) is 0 Å². The van der Waals surface area contributed by atoms with Gasteiger partial charge in [0.05, 0.1) is 31.8 Å². The van der Waals surface area contributed by atoms with Crippen molar-refractivity contribution in [2.75, 3.05) is 26.4 Å². The van der Waals surface area contributed by atoms with E-state index in [1.54, 1.807) is 0 Å².